The number of rotatable bonds is 7. The molecule has 2 rings (SSSR count). The van der Waals surface area contributed by atoms with Crippen molar-refractivity contribution in [2.45, 2.75) is 17.7 Å². The van der Waals surface area contributed by atoms with E-state index in [4.69, 9.17) is 9.84 Å². The molecule has 1 aromatic carbocycles. The van der Waals surface area contributed by atoms with Crippen LogP contribution in [-0.4, -0.2) is 62.7 Å². The van der Waals surface area contributed by atoms with E-state index in [-0.39, 0.29) is 51.4 Å². The van der Waals surface area contributed by atoms with Crippen LogP contribution in [0, 0.1) is 5.82 Å². The molecule has 1 aromatic rings. The number of nitrogens with one attached hydrogen (secondary N) is 2. The van der Waals surface area contributed by atoms with Crippen molar-refractivity contribution in [2.24, 2.45) is 0 Å². The highest BCUT2D eigenvalue weighted by Gasteiger charge is 2.29. The van der Waals surface area contributed by atoms with Gasteiger partial charge in [-0.05, 0) is 24.6 Å². The summed E-state index contributed by atoms with van der Waals surface area (Å²) in [6.45, 7) is 0.861. The Balaban J connectivity index is 2.04. The maximum atomic E-state index is 14.1. The lowest BCUT2D eigenvalue weighted by atomic mass is 10.3. The molecular formula is C15H20FN3O6S. The lowest BCUT2D eigenvalue weighted by Gasteiger charge is -2.26. The molecule has 1 aliphatic heterocycles. The third-order valence-electron chi connectivity index (χ3n) is 3.63. The van der Waals surface area contributed by atoms with Crippen molar-refractivity contribution < 1.29 is 32.2 Å². The minimum Gasteiger partial charge on any atom is -0.481 e. The van der Waals surface area contributed by atoms with Crippen molar-refractivity contribution in [3.8, 4) is 0 Å². The van der Waals surface area contributed by atoms with Gasteiger partial charge in [-0.3, -0.25) is 4.79 Å². The highest BCUT2D eigenvalue weighted by molar-refractivity contribution is 7.89. The first-order valence-corrected chi connectivity index (χ1v) is 9.39. The Labute approximate surface area is 150 Å². The zero-order valence-corrected chi connectivity index (χ0v) is 14.7. The fourth-order valence-corrected chi connectivity index (χ4v) is 3.82. The summed E-state index contributed by atoms with van der Waals surface area (Å²) in [4.78, 5) is 21.6. The van der Waals surface area contributed by atoms with E-state index in [9.17, 15) is 22.4 Å². The molecule has 9 nitrogen and oxygen atoms in total. The topological polar surface area (TPSA) is 125 Å². The second kappa shape index (κ2) is 8.92. The van der Waals surface area contributed by atoms with Gasteiger partial charge in [0.15, 0.2) is 0 Å². The first-order chi connectivity index (χ1) is 12.3. The van der Waals surface area contributed by atoms with Crippen molar-refractivity contribution >= 4 is 27.7 Å². The minimum atomic E-state index is -4.04. The maximum absolute atomic E-state index is 14.1. The average Bonchev–Trinajstić information content (AvgIpc) is 2.61. The highest BCUT2D eigenvalue weighted by Crippen LogP contribution is 2.23. The molecule has 2 amide bonds. The molecule has 144 valence electrons. The van der Waals surface area contributed by atoms with E-state index in [2.05, 4.69) is 10.6 Å². The van der Waals surface area contributed by atoms with Gasteiger partial charge >= 0.3 is 12.0 Å². The number of ether oxygens (including phenoxy) is 1. The fourth-order valence-electron chi connectivity index (χ4n) is 2.32. The van der Waals surface area contributed by atoms with Gasteiger partial charge in [0.05, 0.1) is 13.2 Å². The average molecular weight is 389 g/mol. The lowest BCUT2D eigenvalue weighted by molar-refractivity contribution is -0.137. The smallest absolute Gasteiger partial charge is 0.319 e. The summed E-state index contributed by atoms with van der Waals surface area (Å²) in [5, 5.41) is 13.4. The number of sulfonamides is 1. The van der Waals surface area contributed by atoms with E-state index < -0.39 is 32.7 Å². The number of halogens is 1. The number of hydrogen-bond acceptors (Lipinski definition) is 5. The van der Waals surface area contributed by atoms with Gasteiger partial charge in [-0.15, -0.1) is 0 Å². The van der Waals surface area contributed by atoms with Gasteiger partial charge in [0.25, 0.3) is 0 Å². The lowest BCUT2D eigenvalue weighted by Crippen LogP contribution is -2.41. The molecule has 0 aromatic heterocycles. The largest absolute Gasteiger partial charge is 0.481 e. The Morgan fingerprint density at radius 1 is 1.27 bits per heavy atom. The standard InChI is InChI=1S/C15H20FN3O6S/c16-12-4-3-11(18-15(22)17-5-1-2-14(20)21)10-13(12)26(23,24)19-6-8-25-9-7-19/h3-4,10H,1-2,5-9H2,(H,20,21)(H2,17,18,22). The number of carboxylic acid groups (broad SMARTS) is 1. The van der Waals surface area contributed by atoms with Crippen LogP contribution in [0.1, 0.15) is 12.8 Å². The second-order valence-electron chi connectivity index (χ2n) is 5.54. The number of benzene rings is 1. The van der Waals surface area contributed by atoms with Crippen molar-refractivity contribution in [3.05, 3.63) is 24.0 Å². The summed E-state index contributed by atoms with van der Waals surface area (Å²) < 4.78 is 45.4. The van der Waals surface area contributed by atoms with E-state index in [1.165, 1.54) is 6.07 Å². The first kappa shape index (κ1) is 20.1. The van der Waals surface area contributed by atoms with E-state index in [1.54, 1.807) is 0 Å². The van der Waals surface area contributed by atoms with Crippen LogP contribution in [-0.2, 0) is 19.6 Å². The maximum Gasteiger partial charge on any atom is 0.319 e. The van der Waals surface area contributed by atoms with Crippen LogP contribution in [0.2, 0.25) is 0 Å². The number of carbonyl (C=O) groups is 2. The molecule has 0 radical (unpaired) electrons. The molecule has 11 heteroatoms. The normalized spacial score (nSPS) is 15.4. The zero-order chi connectivity index (χ0) is 19.2. The van der Waals surface area contributed by atoms with Gasteiger partial charge in [0.2, 0.25) is 10.0 Å². The first-order valence-electron chi connectivity index (χ1n) is 7.95. The predicted molar refractivity (Wildman–Crippen MR) is 89.9 cm³/mol. The van der Waals surface area contributed by atoms with Crippen molar-refractivity contribution in [2.75, 3.05) is 38.2 Å². The number of carbonyl (C=O) groups excluding carboxylic acids is 1. The molecule has 0 bridgehead atoms. The van der Waals surface area contributed by atoms with Gasteiger partial charge in [-0.2, -0.15) is 4.31 Å². The number of anilines is 1. The molecule has 0 spiro atoms. The van der Waals surface area contributed by atoms with Crippen LogP contribution in [0.5, 0.6) is 0 Å². The molecule has 1 saturated heterocycles. The molecule has 0 unspecified atom stereocenters. The molecule has 0 saturated carbocycles. The number of amides is 2. The van der Waals surface area contributed by atoms with Crippen LogP contribution in [0.3, 0.4) is 0 Å². The molecule has 0 aliphatic carbocycles. The third-order valence-corrected chi connectivity index (χ3v) is 5.54. The monoisotopic (exact) mass is 389 g/mol. The van der Waals surface area contributed by atoms with Crippen molar-refractivity contribution in [1.29, 1.82) is 0 Å². The second-order valence-corrected chi connectivity index (χ2v) is 7.45. The summed E-state index contributed by atoms with van der Waals surface area (Å²) >= 11 is 0. The predicted octanol–water partition coefficient (Wildman–Crippen LogP) is 0.833. The summed E-state index contributed by atoms with van der Waals surface area (Å²) in [5.41, 5.74) is 0.106. The Bertz CT molecular complexity index is 765. The molecule has 3 N–H and O–H groups in total. The molecule has 1 heterocycles. The number of hydrogen-bond donors (Lipinski definition) is 3. The Kier molecular flexibility index (Phi) is 6.89. The minimum absolute atomic E-state index is 0.0846. The Morgan fingerprint density at radius 2 is 1.96 bits per heavy atom. The molecule has 26 heavy (non-hydrogen) atoms. The van der Waals surface area contributed by atoms with Crippen LogP contribution in [0.4, 0.5) is 14.9 Å². The van der Waals surface area contributed by atoms with Crippen LogP contribution < -0.4 is 10.6 Å². The number of carboxylic acids is 1. The van der Waals surface area contributed by atoms with Crippen molar-refractivity contribution in [3.63, 3.8) is 0 Å². The summed E-state index contributed by atoms with van der Waals surface area (Å²) in [6.07, 6.45) is 0.168. The fraction of sp³-hybridized carbons (Fsp3) is 0.467. The Morgan fingerprint density at radius 3 is 2.62 bits per heavy atom. The SMILES string of the molecule is O=C(O)CCCNC(=O)Nc1ccc(F)c(S(=O)(=O)N2CCOCC2)c1. The Hall–Kier alpha value is -2.24. The van der Waals surface area contributed by atoms with Crippen LogP contribution in [0.25, 0.3) is 0 Å². The van der Waals surface area contributed by atoms with E-state index >= 15 is 0 Å². The van der Waals surface area contributed by atoms with Gasteiger partial charge in [-0.1, -0.05) is 0 Å². The summed E-state index contributed by atoms with van der Waals surface area (Å²) in [6, 6.07) is 2.62. The summed E-state index contributed by atoms with van der Waals surface area (Å²) in [5.74, 6) is -1.88. The third kappa shape index (κ3) is 5.38. The van der Waals surface area contributed by atoms with E-state index in [1.807, 2.05) is 0 Å². The molecule has 0 atom stereocenters. The van der Waals surface area contributed by atoms with Crippen LogP contribution in [0.15, 0.2) is 23.1 Å². The number of morpholine rings is 1. The zero-order valence-electron chi connectivity index (χ0n) is 13.9. The van der Waals surface area contributed by atoms with Gasteiger partial charge < -0.3 is 20.5 Å². The number of urea groups is 1. The molecule has 1 fully saturated rings. The van der Waals surface area contributed by atoms with Gasteiger partial charge in [0, 0.05) is 31.7 Å². The van der Waals surface area contributed by atoms with E-state index in [0.717, 1.165) is 16.4 Å². The number of aliphatic carboxylic acids is 1. The number of nitrogens with zero attached hydrogens (tertiary/aromatic N) is 1. The van der Waals surface area contributed by atoms with Crippen LogP contribution >= 0.6 is 0 Å². The highest BCUT2D eigenvalue weighted by atomic mass is 32.2. The molecule has 1 aliphatic rings. The van der Waals surface area contributed by atoms with Gasteiger partial charge in [0.1, 0.15) is 10.7 Å². The van der Waals surface area contributed by atoms with E-state index in [0.29, 0.717) is 0 Å². The van der Waals surface area contributed by atoms with Gasteiger partial charge in [-0.25, -0.2) is 17.6 Å². The quantitative estimate of drug-likeness (QED) is 0.593. The summed E-state index contributed by atoms with van der Waals surface area (Å²) in [7, 11) is -4.04. The van der Waals surface area contributed by atoms with Crippen molar-refractivity contribution in [1.82, 2.24) is 9.62 Å². The molecular weight excluding hydrogens is 369 g/mol.